The molecule has 0 aliphatic carbocycles. The summed E-state index contributed by atoms with van der Waals surface area (Å²) >= 11 is 1.64. The van der Waals surface area contributed by atoms with Gasteiger partial charge in [0.25, 0.3) is 0 Å². The summed E-state index contributed by atoms with van der Waals surface area (Å²) in [7, 11) is 0. The average Bonchev–Trinajstić information content (AvgIpc) is 3.13. The van der Waals surface area contributed by atoms with Gasteiger partial charge in [-0.15, -0.1) is 11.3 Å². The van der Waals surface area contributed by atoms with Crippen LogP contribution in [0.1, 0.15) is 10.4 Å². The Morgan fingerprint density at radius 3 is 2.35 bits per heavy atom. The second kappa shape index (κ2) is 7.56. The van der Waals surface area contributed by atoms with Gasteiger partial charge in [-0.1, -0.05) is 60.7 Å². The van der Waals surface area contributed by atoms with Crippen molar-refractivity contribution in [3.63, 3.8) is 0 Å². The van der Waals surface area contributed by atoms with Gasteiger partial charge < -0.3 is 5.32 Å². The van der Waals surface area contributed by atoms with Gasteiger partial charge in [0.1, 0.15) is 0 Å². The van der Waals surface area contributed by atoms with Crippen molar-refractivity contribution in [1.29, 1.82) is 0 Å². The summed E-state index contributed by atoms with van der Waals surface area (Å²) in [5, 5.41) is 4.88. The van der Waals surface area contributed by atoms with Crippen LogP contribution in [0.4, 0.5) is 0 Å². The summed E-state index contributed by atoms with van der Waals surface area (Å²) in [5.41, 5.74) is 3.37. The van der Waals surface area contributed by atoms with Gasteiger partial charge >= 0.3 is 0 Å². The molecule has 0 radical (unpaired) electrons. The van der Waals surface area contributed by atoms with Crippen LogP contribution < -0.4 is 5.32 Å². The van der Waals surface area contributed by atoms with E-state index in [1.54, 1.807) is 17.4 Å². The number of thiophene rings is 1. The van der Waals surface area contributed by atoms with Gasteiger partial charge in [0.05, 0.1) is 6.54 Å². The van der Waals surface area contributed by atoms with Gasteiger partial charge in [0.2, 0.25) is 5.91 Å². The maximum Gasteiger partial charge on any atom is 0.244 e. The zero-order valence-electron chi connectivity index (χ0n) is 12.6. The third-order valence-electron chi connectivity index (χ3n) is 3.46. The lowest BCUT2D eigenvalue weighted by atomic mass is 10.0. The molecule has 0 aliphatic heterocycles. The Labute approximate surface area is 140 Å². The fraction of sp³-hybridized carbons (Fsp3) is 0.0500. The van der Waals surface area contributed by atoms with Crippen LogP contribution in [0, 0.1) is 0 Å². The molecule has 3 aromatic rings. The first-order chi connectivity index (χ1) is 11.3. The van der Waals surface area contributed by atoms with E-state index < -0.39 is 0 Å². The molecule has 0 aliphatic rings. The first-order valence-corrected chi connectivity index (χ1v) is 8.33. The summed E-state index contributed by atoms with van der Waals surface area (Å²) in [5.74, 6) is -0.0782. The normalized spacial score (nSPS) is 10.8. The fourth-order valence-corrected chi connectivity index (χ4v) is 2.88. The van der Waals surface area contributed by atoms with Crippen molar-refractivity contribution in [2.45, 2.75) is 6.54 Å². The van der Waals surface area contributed by atoms with E-state index in [0.717, 1.165) is 10.4 Å². The number of amides is 1. The molecule has 1 amide bonds. The Kier molecular flexibility index (Phi) is 5.02. The molecule has 1 aromatic heterocycles. The van der Waals surface area contributed by atoms with Crippen molar-refractivity contribution < 1.29 is 4.79 Å². The lowest BCUT2D eigenvalue weighted by molar-refractivity contribution is -0.116. The van der Waals surface area contributed by atoms with Crippen LogP contribution in [0.3, 0.4) is 0 Å². The summed E-state index contributed by atoms with van der Waals surface area (Å²) in [6.07, 6.45) is 3.41. The minimum Gasteiger partial charge on any atom is -0.348 e. The molecule has 0 spiro atoms. The van der Waals surface area contributed by atoms with Crippen molar-refractivity contribution in [2.24, 2.45) is 0 Å². The standard InChI is InChI=1S/C20H17NOS/c22-20(21-15-19-7-4-14-23-19)13-10-16-8-11-18(12-9-16)17-5-2-1-3-6-17/h1-14H,15H2,(H,21,22). The number of hydrogen-bond acceptors (Lipinski definition) is 2. The van der Waals surface area contributed by atoms with Gasteiger partial charge in [-0.3, -0.25) is 4.79 Å². The van der Waals surface area contributed by atoms with Crippen LogP contribution in [0.25, 0.3) is 17.2 Å². The molecular weight excluding hydrogens is 302 g/mol. The second-order valence-electron chi connectivity index (χ2n) is 5.12. The zero-order valence-corrected chi connectivity index (χ0v) is 13.4. The van der Waals surface area contributed by atoms with Gasteiger partial charge in [0.15, 0.2) is 0 Å². The highest BCUT2D eigenvalue weighted by Gasteiger charge is 1.98. The van der Waals surface area contributed by atoms with E-state index in [-0.39, 0.29) is 5.91 Å². The third kappa shape index (κ3) is 4.41. The van der Waals surface area contributed by atoms with Crippen molar-refractivity contribution in [3.8, 4) is 11.1 Å². The zero-order chi connectivity index (χ0) is 15.9. The average molecular weight is 319 g/mol. The molecule has 0 saturated heterocycles. The van der Waals surface area contributed by atoms with Crippen molar-refractivity contribution in [1.82, 2.24) is 5.32 Å². The quantitative estimate of drug-likeness (QED) is 0.676. The number of nitrogens with one attached hydrogen (secondary N) is 1. The highest BCUT2D eigenvalue weighted by Crippen LogP contribution is 2.19. The molecule has 2 aromatic carbocycles. The van der Waals surface area contributed by atoms with E-state index in [9.17, 15) is 4.79 Å². The monoisotopic (exact) mass is 319 g/mol. The summed E-state index contributed by atoms with van der Waals surface area (Å²) in [4.78, 5) is 13.0. The predicted molar refractivity (Wildman–Crippen MR) is 97.1 cm³/mol. The minimum absolute atomic E-state index is 0.0782. The maximum atomic E-state index is 11.8. The molecule has 0 atom stereocenters. The first kappa shape index (κ1) is 15.3. The summed E-state index contributed by atoms with van der Waals surface area (Å²) in [6, 6.07) is 22.4. The number of carbonyl (C=O) groups excluding carboxylic acids is 1. The lowest BCUT2D eigenvalue weighted by Crippen LogP contribution is -2.19. The molecule has 0 fully saturated rings. The topological polar surface area (TPSA) is 29.1 Å². The van der Waals surface area contributed by atoms with E-state index in [4.69, 9.17) is 0 Å². The largest absolute Gasteiger partial charge is 0.348 e. The molecule has 0 saturated carbocycles. The SMILES string of the molecule is O=C(C=Cc1ccc(-c2ccccc2)cc1)NCc1cccs1. The molecule has 0 unspecified atom stereocenters. The van der Waals surface area contributed by atoms with E-state index in [0.29, 0.717) is 6.54 Å². The molecule has 1 heterocycles. The van der Waals surface area contributed by atoms with Crippen LogP contribution in [0.15, 0.2) is 78.2 Å². The Morgan fingerprint density at radius 2 is 1.65 bits per heavy atom. The third-order valence-corrected chi connectivity index (χ3v) is 4.34. The number of rotatable bonds is 5. The molecule has 2 nitrogen and oxygen atoms in total. The molecule has 3 rings (SSSR count). The van der Waals surface area contributed by atoms with Crippen LogP contribution in [-0.2, 0) is 11.3 Å². The van der Waals surface area contributed by atoms with Crippen LogP contribution >= 0.6 is 11.3 Å². The Hall–Kier alpha value is -2.65. The van der Waals surface area contributed by atoms with Crippen LogP contribution in [0.2, 0.25) is 0 Å². The molecule has 23 heavy (non-hydrogen) atoms. The summed E-state index contributed by atoms with van der Waals surface area (Å²) < 4.78 is 0. The predicted octanol–water partition coefficient (Wildman–Crippen LogP) is 4.74. The van der Waals surface area contributed by atoms with Crippen LogP contribution in [-0.4, -0.2) is 5.91 Å². The molecule has 1 N–H and O–H groups in total. The van der Waals surface area contributed by atoms with Gasteiger partial charge in [-0.2, -0.15) is 0 Å². The number of carbonyl (C=O) groups is 1. The van der Waals surface area contributed by atoms with Gasteiger partial charge in [-0.25, -0.2) is 0 Å². The van der Waals surface area contributed by atoms with E-state index in [2.05, 4.69) is 29.6 Å². The van der Waals surface area contributed by atoms with Crippen molar-refractivity contribution >= 4 is 23.3 Å². The highest BCUT2D eigenvalue weighted by molar-refractivity contribution is 7.09. The Morgan fingerprint density at radius 1 is 0.913 bits per heavy atom. The Bertz CT molecular complexity index is 774. The highest BCUT2D eigenvalue weighted by atomic mass is 32.1. The van der Waals surface area contributed by atoms with E-state index in [1.807, 2.05) is 53.9 Å². The van der Waals surface area contributed by atoms with Crippen molar-refractivity contribution in [3.05, 3.63) is 88.6 Å². The van der Waals surface area contributed by atoms with Crippen molar-refractivity contribution in [2.75, 3.05) is 0 Å². The van der Waals surface area contributed by atoms with Gasteiger partial charge in [0, 0.05) is 11.0 Å². The minimum atomic E-state index is -0.0782. The first-order valence-electron chi connectivity index (χ1n) is 7.45. The van der Waals surface area contributed by atoms with E-state index in [1.165, 1.54) is 11.1 Å². The Balaban J connectivity index is 1.58. The number of hydrogen-bond donors (Lipinski definition) is 1. The fourth-order valence-electron chi connectivity index (χ4n) is 2.24. The smallest absolute Gasteiger partial charge is 0.244 e. The number of benzene rings is 2. The molecule has 0 bridgehead atoms. The second-order valence-corrected chi connectivity index (χ2v) is 6.15. The van der Waals surface area contributed by atoms with Gasteiger partial charge in [-0.05, 0) is 34.2 Å². The maximum absolute atomic E-state index is 11.8. The lowest BCUT2D eigenvalue weighted by Gasteiger charge is -2.02. The van der Waals surface area contributed by atoms with Crippen LogP contribution in [0.5, 0.6) is 0 Å². The molecule has 3 heteroatoms. The summed E-state index contributed by atoms with van der Waals surface area (Å²) in [6.45, 7) is 0.577. The molecule has 114 valence electrons. The molecular formula is C20H17NOS. The van der Waals surface area contributed by atoms with E-state index >= 15 is 0 Å².